The predicted molar refractivity (Wildman–Crippen MR) is 106 cm³/mol. The Morgan fingerprint density at radius 1 is 1.21 bits per heavy atom. The van der Waals surface area contributed by atoms with Gasteiger partial charge in [0.1, 0.15) is 17.6 Å². The molecule has 1 saturated heterocycles. The van der Waals surface area contributed by atoms with Gasteiger partial charge in [-0.15, -0.1) is 0 Å². The van der Waals surface area contributed by atoms with Gasteiger partial charge in [0.05, 0.1) is 43.3 Å². The molecule has 142 valence electrons. The van der Waals surface area contributed by atoms with Crippen LogP contribution in [0.5, 0.6) is 5.75 Å². The normalized spacial score (nSPS) is 14.1. The maximum Gasteiger partial charge on any atom is 0.260 e. The van der Waals surface area contributed by atoms with Crippen LogP contribution in [0.25, 0.3) is 10.9 Å². The fourth-order valence-electron chi connectivity index (χ4n) is 3.35. The first-order valence-electron chi connectivity index (χ1n) is 9.09. The molecule has 0 spiro atoms. The molecule has 0 amide bonds. The van der Waals surface area contributed by atoms with Gasteiger partial charge in [-0.3, -0.25) is 4.79 Å². The topological polar surface area (TPSA) is 80.4 Å². The molecule has 0 unspecified atom stereocenters. The molecule has 28 heavy (non-hydrogen) atoms. The summed E-state index contributed by atoms with van der Waals surface area (Å²) in [5.41, 5.74) is 1.83. The maximum atomic E-state index is 13.0. The number of pyridine rings is 2. The monoisotopic (exact) mass is 376 g/mol. The molecule has 7 nitrogen and oxygen atoms in total. The third-order valence-electron chi connectivity index (χ3n) is 4.88. The lowest BCUT2D eigenvalue weighted by molar-refractivity contribution is 0.122. The van der Waals surface area contributed by atoms with Crippen molar-refractivity contribution < 1.29 is 9.47 Å². The molecule has 0 N–H and O–H groups in total. The standard InChI is InChI=1S/C21H20N4O3/c1-27-17-4-2-15(3-5-17)14-25-7-6-19-18(21(25)26)12-16(13-22)20(23-19)24-8-10-28-11-9-24/h2-7,12H,8-11,14H2,1H3. The second-order valence-corrected chi connectivity index (χ2v) is 6.60. The van der Waals surface area contributed by atoms with Crippen molar-refractivity contribution in [3.05, 3.63) is 64.1 Å². The van der Waals surface area contributed by atoms with Gasteiger partial charge >= 0.3 is 0 Å². The van der Waals surface area contributed by atoms with E-state index in [1.807, 2.05) is 35.2 Å². The van der Waals surface area contributed by atoms with E-state index >= 15 is 0 Å². The molecule has 2 aromatic heterocycles. The summed E-state index contributed by atoms with van der Waals surface area (Å²) < 4.78 is 12.2. The lowest BCUT2D eigenvalue weighted by Crippen LogP contribution is -2.37. The Labute approximate surface area is 162 Å². The number of hydrogen-bond acceptors (Lipinski definition) is 6. The van der Waals surface area contributed by atoms with Crippen LogP contribution in [0, 0.1) is 11.3 Å². The van der Waals surface area contributed by atoms with Crippen LogP contribution < -0.4 is 15.2 Å². The zero-order chi connectivity index (χ0) is 19.5. The van der Waals surface area contributed by atoms with E-state index in [9.17, 15) is 10.1 Å². The molecule has 1 aromatic carbocycles. The first-order valence-corrected chi connectivity index (χ1v) is 9.09. The van der Waals surface area contributed by atoms with Gasteiger partial charge in [-0.25, -0.2) is 4.98 Å². The molecule has 3 heterocycles. The summed E-state index contributed by atoms with van der Waals surface area (Å²) in [6.45, 7) is 3.01. The Morgan fingerprint density at radius 3 is 2.64 bits per heavy atom. The van der Waals surface area contributed by atoms with Crippen molar-refractivity contribution in [3.63, 3.8) is 0 Å². The van der Waals surface area contributed by atoms with Crippen molar-refractivity contribution in [2.45, 2.75) is 6.54 Å². The number of anilines is 1. The smallest absolute Gasteiger partial charge is 0.260 e. The van der Waals surface area contributed by atoms with Crippen LogP contribution in [-0.2, 0) is 11.3 Å². The molecule has 0 aliphatic carbocycles. The maximum absolute atomic E-state index is 13.0. The van der Waals surface area contributed by atoms with Gasteiger partial charge in [-0.2, -0.15) is 5.26 Å². The molecule has 0 atom stereocenters. The largest absolute Gasteiger partial charge is 0.497 e. The number of nitriles is 1. The highest BCUT2D eigenvalue weighted by atomic mass is 16.5. The van der Waals surface area contributed by atoms with Crippen LogP contribution in [0.2, 0.25) is 0 Å². The van der Waals surface area contributed by atoms with Gasteiger partial charge < -0.3 is 18.9 Å². The van der Waals surface area contributed by atoms with Crippen LogP contribution >= 0.6 is 0 Å². The lowest BCUT2D eigenvalue weighted by atomic mass is 10.1. The van der Waals surface area contributed by atoms with Gasteiger partial charge in [0.25, 0.3) is 5.56 Å². The van der Waals surface area contributed by atoms with E-state index in [4.69, 9.17) is 9.47 Å². The summed E-state index contributed by atoms with van der Waals surface area (Å²) >= 11 is 0. The Balaban J connectivity index is 1.72. The van der Waals surface area contributed by atoms with Crippen molar-refractivity contribution in [1.82, 2.24) is 9.55 Å². The van der Waals surface area contributed by atoms with E-state index in [2.05, 4.69) is 11.1 Å². The average Bonchev–Trinajstić information content (AvgIpc) is 2.76. The lowest BCUT2D eigenvalue weighted by Gasteiger charge is -2.28. The van der Waals surface area contributed by atoms with Crippen LogP contribution in [0.15, 0.2) is 47.4 Å². The van der Waals surface area contributed by atoms with Gasteiger partial charge in [0, 0.05) is 19.3 Å². The highest BCUT2D eigenvalue weighted by Crippen LogP contribution is 2.22. The zero-order valence-electron chi connectivity index (χ0n) is 15.6. The van der Waals surface area contributed by atoms with E-state index in [0.717, 1.165) is 11.3 Å². The average molecular weight is 376 g/mol. The van der Waals surface area contributed by atoms with Crippen LogP contribution in [0.3, 0.4) is 0 Å². The second-order valence-electron chi connectivity index (χ2n) is 6.60. The van der Waals surface area contributed by atoms with Crippen LogP contribution in [0.4, 0.5) is 5.82 Å². The molecule has 7 heteroatoms. The van der Waals surface area contributed by atoms with Gasteiger partial charge in [0.15, 0.2) is 0 Å². The molecule has 1 aliphatic heterocycles. The number of morpholine rings is 1. The number of hydrogen-bond donors (Lipinski definition) is 0. The summed E-state index contributed by atoms with van der Waals surface area (Å²) in [5.74, 6) is 1.39. The van der Waals surface area contributed by atoms with E-state index in [1.165, 1.54) is 0 Å². The Hall–Kier alpha value is -3.37. The SMILES string of the molecule is COc1ccc(Cn2ccc3nc(N4CCOCC4)c(C#N)cc3c2=O)cc1. The minimum atomic E-state index is -0.161. The fourth-order valence-corrected chi connectivity index (χ4v) is 3.35. The molecule has 4 rings (SSSR count). The fraction of sp³-hybridized carbons (Fsp3) is 0.286. The van der Waals surface area contributed by atoms with Gasteiger partial charge in [0.2, 0.25) is 0 Å². The quantitative estimate of drug-likeness (QED) is 0.694. The highest BCUT2D eigenvalue weighted by Gasteiger charge is 2.18. The van der Waals surface area contributed by atoms with Crippen molar-refractivity contribution in [3.8, 4) is 11.8 Å². The summed E-state index contributed by atoms with van der Waals surface area (Å²) in [6, 6.07) is 13.3. The predicted octanol–water partition coefficient (Wildman–Crippen LogP) is 2.16. The number of rotatable bonds is 4. The van der Waals surface area contributed by atoms with E-state index < -0.39 is 0 Å². The summed E-state index contributed by atoms with van der Waals surface area (Å²) in [6.07, 6.45) is 1.75. The van der Waals surface area contributed by atoms with Gasteiger partial charge in [-0.05, 0) is 29.8 Å². The molecule has 1 aliphatic rings. The Kier molecular flexibility index (Phi) is 4.96. The van der Waals surface area contributed by atoms with Crippen molar-refractivity contribution >= 4 is 16.7 Å². The number of nitrogens with zero attached hydrogens (tertiary/aromatic N) is 4. The first kappa shape index (κ1) is 18.0. The first-order chi connectivity index (χ1) is 13.7. The second kappa shape index (κ2) is 7.71. The minimum Gasteiger partial charge on any atom is -0.497 e. The number of methoxy groups -OCH3 is 1. The molecule has 1 fully saturated rings. The zero-order valence-corrected chi connectivity index (χ0v) is 15.6. The van der Waals surface area contributed by atoms with E-state index in [0.29, 0.717) is 55.1 Å². The van der Waals surface area contributed by atoms with Crippen LogP contribution in [-0.4, -0.2) is 43.0 Å². The Morgan fingerprint density at radius 2 is 1.96 bits per heavy atom. The number of fused-ring (bicyclic) bond motifs is 1. The highest BCUT2D eigenvalue weighted by molar-refractivity contribution is 5.82. The van der Waals surface area contributed by atoms with Crippen molar-refractivity contribution in [2.75, 3.05) is 38.3 Å². The van der Waals surface area contributed by atoms with Crippen molar-refractivity contribution in [2.24, 2.45) is 0 Å². The Bertz CT molecular complexity index is 1090. The molecule has 3 aromatic rings. The van der Waals surface area contributed by atoms with E-state index in [-0.39, 0.29) is 5.56 Å². The molecular formula is C21H20N4O3. The number of benzene rings is 1. The van der Waals surface area contributed by atoms with E-state index in [1.54, 1.807) is 23.9 Å². The number of ether oxygens (including phenoxy) is 2. The van der Waals surface area contributed by atoms with Gasteiger partial charge in [-0.1, -0.05) is 12.1 Å². The molecular weight excluding hydrogens is 356 g/mol. The molecule has 0 radical (unpaired) electrons. The van der Waals surface area contributed by atoms with Crippen LogP contribution in [0.1, 0.15) is 11.1 Å². The number of aromatic nitrogens is 2. The summed E-state index contributed by atoms with van der Waals surface area (Å²) in [7, 11) is 1.62. The summed E-state index contributed by atoms with van der Waals surface area (Å²) in [5, 5.41) is 10.0. The molecule has 0 saturated carbocycles. The third-order valence-corrected chi connectivity index (χ3v) is 4.88. The third kappa shape index (κ3) is 3.42. The molecule has 0 bridgehead atoms. The summed E-state index contributed by atoms with van der Waals surface area (Å²) in [4.78, 5) is 19.6. The van der Waals surface area contributed by atoms with Crippen molar-refractivity contribution in [1.29, 1.82) is 5.26 Å². The minimum absolute atomic E-state index is 0.161.